The first-order chi connectivity index (χ1) is 9.51. The van der Waals surface area contributed by atoms with Crippen molar-refractivity contribution in [3.8, 4) is 5.75 Å². The normalized spacial score (nSPS) is 11.5. The van der Waals surface area contributed by atoms with E-state index in [1.165, 1.54) is 19.2 Å². The summed E-state index contributed by atoms with van der Waals surface area (Å²) in [4.78, 5) is 0.0789. The zero-order valence-corrected chi connectivity index (χ0v) is 12.7. The van der Waals surface area contributed by atoms with Crippen molar-refractivity contribution in [3.05, 3.63) is 18.2 Å². The molecule has 0 aliphatic carbocycles. The van der Waals surface area contributed by atoms with Crippen LogP contribution in [0.3, 0.4) is 0 Å². The van der Waals surface area contributed by atoms with Crippen LogP contribution in [0, 0.1) is 0 Å². The van der Waals surface area contributed by atoms with Crippen LogP contribution in [0.15, 0.2) is 23.1 Å². The van der Waals surface area contributed by atoms with E-state index in [1.54, 1.807) is 13.2 Å². The molecule has 114 valence electrons. The van der Waals surface area contributed by atoms with Gasteiger partial charge >= 0.3 is 0 Å². The molecule has 3 N–H and O–H groups in total. The van der Waals surface area contributed by atoms with Crippen molar-refractivity contribution >= 4 is 15.7 Å². The van der Waals surface area contributed by atoms with Crippen molar-refractivity contribution in [3.63, 3.8) is 0 Å². The minimum Gasteiger partial charge on any atom is -0.497 e. The largest absolute Gasteiger partial charge is 0.497 e. The van der Waals surface area contributed by atoms with E-state index in [0.717, 1.165) is 19.3 Å². The highest BCUT2D eigenvalue weighted by Gasteiger charge is 2.17. The lowest BCUT2D eigenvalue weighted by Crippen LogP contribution is -2.25. The van der Waals surface area contributed by atoms with Crippen molar-refractivity contribution in [1.82, 2.24) is 4.72 Å². The van der Waals surface area contributed by atoms with Crippen LogP contribution >= 0.6 is 0 Å². The molecule has 0 unspecified atom stereocenters. The van der Waals surface area contributed by atoms with E-state index in [-0.39, 0.29) is 10.6 Å². The molecule has 0 fully saturated rings. The molecule has 0 atom stereocenters. The van der Waals surface area contributed by atoms with Gasteiger partial charge in [0.2, 0.25) is 10.0 Å². The van der Waals surface area contributed by atoms with E-state index in [2.05, 4.69) is 4.72 Å². The van der Waals surface area contributed by atoms with Gasteiger partial charge in [-0.2, -0.15) is 0 Å². The molecule has 0 aliphatic heterocycles. The summed E-state index contributed by atoms with van der Waals surface area (Å²) in [5.41, 5.74) is 5.91. The quantitative estimate of drug-likeness (QED) is 0.531. The Kier molecular flexibility index (Phi) is 6.77. The maximum Gasteiger partial charge on any atom is 0.242 e. The average Bonchev–Trinajstić information content (AvgIpc) is 2.42. The molecule has 0 heterocycles. The van der Waals surface area contributed by atoms with Crippen molar-refractivity contribution in [2.75, 3.05) is 33.1 Å². The summed E-state index contributed by atoms with van der Waals surface area (Å²) in [7, 11) is -0.421. The number of nitrogen functional groups attached to an aromatic ring is 1. The standard InChI is InChI=1S/C13H22N2O4S/c1-18-9-5-3-4-8-15-20(16,17)13-7-6-11(19-2)10-12(13)14/h6-7,10,15H,3-5,8-9,14H2,1-2H3. The summed E-state index contributed by atoms with van der Waals surface area (Å²) in [6.07, 6.45) is 2.59. The average molecular weight is 302 g/mol. The number of sulfonamides is 1. The predicted molar refractivity (Wildman–Crippen MR) is 78.3 cm³/mol. The molecule has 0 radical (unpaired) electrons. The van der Waals surface area contributed by atoms with Gasteiger partial charge in [-0.15, -0.1) is 0 Å². The molecule has 0 aliphatic rings. The number of hydrogen-bond acceptors (Lipinski definition) is 5. The topological polar surface area (TPSA) is 90.6 Å². The van der Waals surface area contributed by atoms with Crippen LogP contribution in [-0.2, 0) is 14.8 Å². The number of nitrogens with two attached hydrogens (primary N) is 1. The molecule has 6 nitrogen and oxygen atoms in total. The number of nitrogens with one attached hydrogen (secondary N) is 1. The summed E-state index contributed by atoms with van der Waals surface area (Å²) >= 11 is 0. The Morgan fingerprint density at radius 3 is 2.55 bits per heavy atom. The summed E-state index contributed by atoms with van der Waals surface area (Å²) < 4.78 is 36.6. The number of unbranched alkanes of at least 4 members (excludes halogenated alkanes) is 2. The van der Waals surface area contributed by atoms with Gasteiger partial charge in [-0.25, -0.2) is 13.1 Å². The van der Waals surface area contributed by atoms with Crippen molar-refractivity contribution in [2.24, 2.45) is 0 Å². The predicted octanol–water partition coefficient (Wildman–Crippen LogP) is 1.37. The zero-order chi connectivity index (χ0) is 15.0. The molecule has 0 spiro atoms. The van der Waals surface area contributed by atoms with Crippen LogP contribution in [0.5, 0.6) is 5.75 Å². The Labute approximate surface area is 120 Å². The lowest BCUT2D eigenvalue weighted by molar-refractivity contribution is 0.192. The number of ether oxygens (including phenoxy) is 2. The number of anilines is 1. The van der Waals surface area contributed by atoms with Crippen LogP contribution in [0.25, 0.3) is 0 Å². The molecule has 0 saturated carbocycles. The van der Waals surface area contributed by atoms with Gasteiger partial charge in [0.1, 0.15) is 10.6 Å². The minimum atomic E-state index is -3.57. The van der Waals surface area contributed by atoms with Crippen LogP contribution in [-0.4, -0.2) is 35.8 Å². The highest BCUT2D eigenvalue weighted by Crippen LogP contribution is 2.23. The molecule has 1 aromatic rings. The van der Waals surface area contributed by atoms with Gasteiger partial charge in [-0.05, 0) is 31.4 Å². The van der Waals surface area contributed by atoms with Crippen LogP contribution in [0.2, 0.25) is 0 Å². The van der Waals surface area contributed by atoms with Gasteiger partial charge in [0, 0.05) is 26.3 Å². The lowest BCUT2D eigenvalue weighted by Gasteiger charge is -2.10. The SMILES string of the molecule is COCCCCCNS(=O)(=O)c1ccc(OC)cc1N. The fourth-order valence-electron chi connectivity index (χ4n) is 1.73. The first-order valence-electron chi connectivity index (χ1n) is 6.43. The van der Waals surface area contributed by atoms with Crippen molar-refractivity contribution < 1.29 is 17.9 Å². The number of benzene rings is 1. The molecule has 7 heteroatoms. The second-order valence-electron chi connectivity index (χ2n) is 4.35. The summed E-state index contributed by atoms with van der Waals surface area (Å²) in [6.45, 7) is 1.08. The zero-order valence-electron chi connectivity index (χ0n) is 11.9. The fraction of sp³-hybridized carbons (Fsp3) is 0.538. The maximum absolute atomic E-state index is 12.1. The van der Waals surface area contributed by atoms with Gasteiger partial charge in [0.15, 0.2) is 0 Å². The Morgan fingerprint density at radius 2 is 1.95 bits per heavy atom. The van der Waals surface area contributed by atoms with E-state index >= 15 is 0 Å². The van der Waals surface area contributed by atoms with Gasteiger partial charge in [-0.1, -0.05) is 0 Å². The van der Waals surface area contributed by atoms with Gasteiger partial charge in [0.05, 0.1) is 12.8 Å². The maximum atomic E-state index is 12.1. The third-order valence-electron chi connectivity index (χ3n) is 2.82. The summed E-state index contributed by atoms with van der Waals surface area (Å²) in [5.74, 6) is 0.529. The molecule has 0 saturated heterocycles. The van der Waals surface area contributed by atoms with E-state index in [1.807, 2.05) is 0 Å². The molecular weight excluding hydrogens is 280 g/mol. The Morgan fingerprint density at radius 1 is 1.20 bits per heavy atom. The Bertz CT molecular complexity index is 517. The van der Waals surface area contributed by atoms with E-state index in [0.29, 0.717) is 18.9 Å². The molecule has 1 rings (SSSR count). The molecule has 20 heavy (non-hydrogen) atoms. The molecule has 0 bridgehead atoms. The van der Waals surface area contributed by atoms with Crippen molar-refractivity contribution in [1.29, 1.82) is 0 Å². The third kappa shape index (κ3) is 4.99. The Balaban J connectivity index is 2.56. The minimum absolute atomic E-state index is 0.0789. The van der Waals surface area contributed by atoms with Gasteiger partial charge < -0.3 is 15.2 Å². The molecule has 0 amide bonds. The van der Waals surface area contributed by atoms with E-state index < -0.39 is 10.0 Å². The molecule has 0 aromatic heterocycles. The summed E-state index contributed by atoms with van der Waals surface area (Å²) in [6, 6.07) is 4.51. The van der Waals surface area contributed by atoms with Crippen LogP contribution < -0.4 is 15.2 Å². The first kappa shape index (κ1) is 16.7. The molecule has 1 aromatic carbocycles. The monoisotopic (exact) mass is 302 g/mol. The first-order valence-corrected chi connectivity index (χ1v) is 7.91. The molecular formula is C13H22N2O4S. The third-order valence-corrected chi connectivity index (χ3v) is 4.36. The van der Waals surface area contributed by atoms with E-state index in [9.17, 15) is 8.42 Å². The van der Waals surface area contributed by atoms with Crippen LogP contribution in [0.4, 0.5) is 5.69 Å². The fourth-order valence-corrected chi connectivity index (χ4v) is 2.92. The van der Waals surface area contributed by atoms with E-state index in [4.69, 9.17) is 15.2 Å². The number of rotatable bonds is 9. The van der Waals surface area contributed by atoms with Gasteiger partial charge in [0.25, 0.3) is 0 Å². The second kappa shape index (κ2) is 8.08. The highest BCUT2D eigenvalue weighted by atomic mass is 32.2. The van der Waals surface area contributed by atoms with Crippen LogP contribution in [0.1, 0.15) is 19.3 Å². The van der Waals surface area contributed by atoms with Gasteiger partial charge in [-0.3, -0.25) is 0 Å². The lowest BCUT2D eigenvalue weighted by atomic mass is 10.2. The number of methoxy groups -OCH3 is 2. The Hall–Kier alpha value is -1.31. The smallest absolute Gasteiger partial charge is 0.242 e. The summed E-state index contributed by atoms with van der Waals surface area (Å²) in [5, 5.41) is 0. The number of hydrogen-bond donors (Lipinski definition) is 2. The second-order valence-corrected chi connectivity index (χ2v) is 6.09. The van der Waals surface area contributed by atoms with Crippen molar-refractivity contribution in [2.45, 2.75) is 24.2 Å². The highest BCUT2D eigenvalue weighted by molar-refractivity contribution is 7.89.